The van der Waals surface area contributed by atoms with E-state index in [0.717, 1.165) is 12.1 Å². The van der Waals surface area contributed by atoms with Crippen molar-refractivity contribution in [2.75, 3.05) is 6.67 Å². The number of rotatable bonds is 4. The summed E-state index contributed by atoms with van der Waals surface area (Å²) in [6, 6.07) is 6.02. The molecule has 0 fully saturated rings. The first kappa shape index (κ1) is 23.3. The van der Waals surface area contributed by atoms with E-state index in [1.807, 2.05) is 6.07 Å². The van der Waals surface area contributed by atoms with Crippen LogP contribution in [0, 0.1) is 23.0 Å². The molecule has 4 rings (SSSR count). The second-order valence-electron chi connectivity index (χ2n) is 7.75. The number of halogens is 6. The number of fused-ring (bicyclic) bond motifs is 1. The summed E-state index contributed by atoms with van der Waals surface area (Å²) in [5, 5.41) is 9.61. The molecule has 1 aliphatic heterocycles. The van der Waals surface area contributed by atoms with E-state index in [1.165, 1.54) is 12.4 Å². The molecule has 2 atom stereocenters. The molecule has 6 nitrogen and oxygen atoms in total. The Morgan fingerprint density at radius 3 is 2.65 bits per heavy atom. The molecule has 3 heterocycles. The number of pyridine rings is 2. The standard InChI is InChI=1S/C22H15F6N5O/c23-10-21(7-17(22(26,27)28)34-20(30)33-21)14-4-11(5-15(24)18(14)25)6-16-19-13(1-2-31-16)3-12(8-29)9-32-19/h1-5,9,17H,6-7,10H2,(H2,30,33)/t17-,21+/m0/s1. The fourth-order valence-corrected chi connectivity index (χ4v) is 3.87. The van der Waals surface area contributed by atoms with Gasteiger partial charge in [0.2, 0.25) is 0 Å². The highest BCUT2D eigenvalue weighted by molar-refractivity contribution is 5.81. The molecule has 0 spiro atoms. The van der Waals surface area contributed by atoms with E-state index in [4.69, 9.17) is 11.0 Å². The van der Waals surface area contributed by atoms with Crippen molar-refractivity contribution >= 4 is 16.9 Å². The Kier molecular flexibility index (Phi) is 5.80. The van der Waals surface area contributed by atoms with Gasteiger partial charge in [-0.2, -0.15) is 18.4 Å². The number of aromatic nitrogens is 2. The van der Waals surface area contributed by atoms with E-state index in [0.29, 0.717) is 22.2 Å². The van der Waals surface area contributed by atoms with Crippen LogP contribution in [0.2, 0.25) is 0 Å². The fraction of sp³-hybridized carbons (Fsp3) is 0.273. The maximum atomic E-state index is 14.8. The van der Waals surface area contributed by atoms with Gasteiger partial charge in [0.1, 0.15) is 18.3 Å². The van der Waals surface area contributed by atoms with Crippen LogP contribution in [-0.2, 0) is 16.7 Å². The van der Waals surface area contributed by atoms with Crippen LogP contribution in [0.15, 0.2) is 41.7 Å². The van der Waals surface area contributed by atoms with Crippen molar-refractivity contribution in [3.63, 3.8) is 0 Å². The highest BCUT2D eigenvalue weighted by atomic mass is 19.4. The summed E-state index contributed by atoms with van der Waals surface area (Å²) >= 11 is 0. The molecule has 0 unspecified atom stereocenters. The Balaban J connectivity index is 1.80. The molecule has 3 aromatic rings. The normalized spacial score (nSPS) is 20.5. The second-order valence-corrected chi connectivity index (χ2v) is 7.75. The molecule has 176 valence electrons. The van der Waals surface area contributed by atoms with Gasteiger partial charge >= 0.3 is 6.18 Å². The van der Waals surface area contributed by atoms with Crippen LogP contribution in [0.5, 0.6) is 0 Å². The van der Waals surface area contributed by atoms with E-state index in [-0.39, 0.29) is 12.0 Å². The quantitative estimate of drug-likeness (QED) is 0.566. The summed E-state index contributed by atoms with van der Waals surface area (Å²) in [6.07, 6.45) is -5.97. The van der Waals surface area contributed by atoms with Gasteiger partial charge in [-0.05, 0) is 29.8 Å². The van der Waals surface area contributed by atoms with E-state index >= 15 is 0 Å². The van der Waals surface area contributed by atoms with Crippen LogP contribution in [-0.4, -0.2) is 34.9 Å². The lowest BCUT2D eigenvalue weighted by Gasteiger charge is -2.36. The summed E-state index contributed by atoms with van der Waals surface area (Å²) in [6.45, 7) is -1.57. The highest BCUT2D eigenvalue weighted by Crippen LogP contribution is 2.42. The van der Waals surface area contributed by atoms with E-state index in [2.05, 4.69) is 19.7 Å². The van der Waals surface area contributed by atoms with Crippen LogP contribution in [0.25, 0.3) is 10.9 Å². The first-order valence-electron chi connectivity index (χ1n) is 9.83. The number of nitrogens with zero attached hydrogens (tertiary/aromatic N) is 4. The van der Waals surface area contributed by atoms with Crippen molar-refractivity contribution in [3.8, 4) is 6.07 Å². The minimum Gasteiger partial charge on any atom is -0.452 e. The number of hydrogen-bond donors (Lipinski definition) is 1. The van der Waals surface area contributed by atoms with Crippen LogP contribution < -0.4 is 5.73 Å². The number of amidine groups is 1. The Morgan fingerprint density at radius 2 is 1.97 bits per heavy atom. The van der Waals surface area contributed by atoms with Crippen molar-refractivity contribution in [1.82, 2.24) is 9.97 Å². The molecule has 1 aliphatic rings. The van der Waals surface area contributed by atoms with Crippen LogP contribution in [0.3, 0.4) is 0 Å². The average Bonchev–Trinajstić information content (AvgIpc) is 2.80. The lowest BCUT2D eigenvalue weighted by molar-refractivity contribution is -0.209. The maximum Gasteiger partial charge on any atom is 0.425 e. The van der Waals surface area contributed by atoms with Crippen molar-refractivity contribution in [2.24, 2.45) is 10.7 Å². The predicted molar refractivity (Wildman–Crippen MR) is 108 cm³/mol. The number of nitrogens with two attached hydrogens (primary N) is 1. The number of ether oxygens (including phenoxy) is 1. The molecule has 34 heavy (non-hydrogen) atoms. The molecular weight excluding hydrogens is 464 g/mol. The van der Waals surface area contributed by atoms with Gasteiger partial charge < -0.3 is 10.5 Å². The number of hydrogen-bond acceptors (Lipinski definition) is 6. The van der Waals surface area contributed by atoms with Gasteiger partial charge in [0.15, 0.2) is 17.7 Å². The molecular formula is C22H15F6N5O. The summed E-state index contributed by atoms with van der Waals surface area (Å²) in [5.74, 6) is -2.94. The second kappa shape index (κ2) is 8.48. The average molecular weight is 479 g/mol. The summed E-state index contributed by atoms with van der Waals surface area (Å²) in [4.78, 5) is 12.0. The van der Waals surface area contributed by atoms with E-state index in [1.54, 1.807) is 12.1 Å². The Morgan fingerprint density at radius 1 is 1.21 bits per heavy atom. The third-order valence-corrected chi connectivity index (χ3v) is 5.46. The highest BCUT2D eigenvalue weighted by Gasteiger charge is 2.52. The zero-order valence-corrected chi connectivity index (χ0v) is 17.2. The number of benzene rings is 1. The van der Waals surface area contributed by atoms with Crippen LogP contribution in [0.1, 0.15) is 28.8 Å². The zero-order valence-electron chi connectivity index (χ0n) is 17.2. The topological polar surface area (TPSA) is 97.2 Å². The van der Waals surface area contributed by atoms with Gasteiger partial charge in [-0.3, -0.25) is 9.97 Å². The van der Waals surface area contributed by atoms with Gasteiger partial charge in [0.05, 0.1) is 16.8 Å². The molecule has 12 heteroatoms. The van der Waals surface area contributed by atoms with Crippen molar-refractivity contribution in [1.29, 1.82) is 5.26 Å². The Bertz CT molecular complexity index is 1340. The molecule has 0 bridgehead atoms. The SMILES string of the molecule is N#Cc1cnc2c(Cc3cc(F)c(F)c([C@]4(CF)C[C@@H](C(F)(F)F)OC(N)=N4)c3)nccc2c1. The summed E-state index contributed by atoms with van der Waals surface area (Å²) < 4.78 is 87.9. The molecule has 0 aliphatic carbocycles. The number of nitriles is 1. The van der Waals surface area contributed by atoms with Gasteiger partial charge in [-0.25, -0.2) is 18.2 Å². The fourth-order valence-electron chi connectivity index (χ4n) is 3.87. The third-order valence-electron chi connectivity index (χ3n) is 5.46. The van der Waals surface area contributed by atoms with Crippen molar-refractivity contribution in [3.05, 3.63) is 70.7 Å². The van der Waals surface area contributed by atoms with E-state index in [9.17, 15) is 26.3 Å². The lowest BCUT2D eigenvalue weighted by Crippen LogP contribution is -2.48. The molecule has 1 aromatic carbocycles. The molecule has 0 saturated carbocycles. The molecule has 2 N–H and O–H groups in total. The number of aliphatic imine (C=N–C) groups is 1. The minimum absolute atomic E-state index is 0.0942. The van der Waals surface area contributed by atoms with Gasteiger partial charge in [-0.15, -0.1) is 0 Å². The van der Waals surface area contributed by atoms with Gasteiger partial charge in [-0.1, -0.05) is 0 Å². The first-order valence-corrected chi connectivity index (χ1v) is 9.83. The van der Waals surface area contributed by atoms with Crippen molar-refractivity contribution < 1.29 is 31.1 Å². The Labute approximate surface area is 188 Å². The summed E-state index contributed by atoms with van der Waals surface area (Å²) in [7, 11) is 0. The van der Waals surface area contributed by atoms with Crippen molar-refractivity contribution in [2.45, 2.75) is 30.7 Å². The largest absolute Gasteiger partial charge is 0.452 e. The van der Waals surface area contributed by atoms with Gasteiger partial charge in [0, 0.05) is 36.2 Å². The molecule has 0 saturated heterocycles. The maximum absolute atomic E-state index is 14.8. The number of alkyl halides is 4. The Hall–Kier alpha value is -3.88. The molecule has 0 radical (unpaired) electrons. The lowest BCUT2D eigenvalue weighted by atomic mass is 9.83. The smallest absolute Gasteiger partial charge is 0.425 e. The van der Waals surface area contributed by atoms with E-state index < -0.39 is 54.1 Å². The molecule has 2 aromatic heterocycles. The molecule has 0 amide bonds. The van der Waals surface area contributed by atoms with Crippen LogP contribution >= 0.6 is 0 Å². The minimum atomic E-state index is -4.94. The van der Waals surface area contributed by atoms with Crippen LogP contribution in [0.4, 0.5) is 26.3 Å². The zero-order chi connectivity index (χ0) is 24.7. The van der Waals surface area contributed by atoms with Gasteiger partial charge in [0.25, 0.3) is 6.02 Å². The third kappa shape index (κ3) is 4.21. The summed E-state index contributed by atoms with van der Waals surface area (Å²) in [5.41, 5.74) is 3.31. The first-order chi connectivity index (χ1) is 16.1. The monoisotopic (exact) mass is 479 g/mol. The predicted octanol–water partition coefficient (Wildman–Crippen LogP) is 4.20.